The third-order valence-corrected chi connectivity index (χ3v) is 3.42. The fourth-order valence-corrected chi connectivity index (χ4v) is 2.30. The third kappa shape index (κ3) is 4.02. The molecule has 1 aromatic rings. The molecule has 1 unspecified atom stereocenters. The molecular weight excluding hydrogens is 300 g/mol. The number of rotatable bonds is 4. The molecule has 0 aromatic heterocycles. The van der Waals surface area contributed by atoms with E-state index in [4.69, 9.17) is 22.7 Å². The molecule has 3 N–H and O–H groups in total. The molecule has 5 nitrogen and oxygen atoms in total. The van der Waals surface area contributed by atoms with Gasteiger partial charge >= 0.3 is 6.09 Å². The van der Waals surface area contributed by atoms with Gasteiger partial charge in [-0.3, -0.25) is 4.79 Å². The number of thiocarbonyl (C=S) groups is 1. The van der Waals surface area contributed by atoms with E-state index in [0.717, 1.165) is 5.56 Å². The van der Waals surface area contributed by atoms with Crippen LogP contribution in [0.3, 0.4) is 0 Å². The van der Waals surface area contributed by atoms with Crippen LogP contribution in [0.4, 0.5) is 10.5 Å². The lowest BCUT2D eigenvalue weighted by atomic mass is 10.0. The van der Waals surface area contributed by atoms with Gasteiger partial charge in [-0.25, -0.2) is 4.79 Å². The number of para-hydroxylation sites is 1. The van der Waals surface area contributed by atoms with Crippen LogP contribution >= 0.6 is 12.2 Å². The summed E-state index contributed by atoms with van der Waals surface area (Å²) in [4.78, 5) is 24.2. The first-order chi connectivity index (χ1) is 10.5. The van der Waals surface area contributed by atoms with E-state index in [1.807, 2.05) is 31.2 Å². The average Bonchev–Trinajstić information content (AvgIpc) is 2.47. The van der Waals surface area contributed by atoms with Crippen molar-refractivity contribution in [1.29, 1.82) is 0 Å². The fraction of sp³-hybridized carbons (Fsp3) is 0.188. The van der Waals surface area contributed by atoms with Crippen LogP contribution in [0, 0.1) is 6.92 Å². The van der Waals surface area contributed by atoms with Gasteiger partial charge in [0.2, 0.25) is 6.10 Å². The summed E-state index contributed by atoms with van der Waals surface area (Å²) < 4.78 is 4.96. The first kappa shape index (κ1) is 15.9. The zero-order valence-electron chi connectivity index (χ0n) is 12.0. The van der Waals surface area contributed by atoms with Gasteiger partial charge in [0.15, 0.2) is 0 Å². The monoisotopic (exact) mass is 316 g/mol. The molecule has 0 fully saturated rings. The Kier molecular flexibility index (Phi) is 5.06. The molecule has 0 radical (unpaired) electrons. The van der Waals surface area contributed by atoms with Gasteiger partial charge < -0.3 is 15.8 Å². The summed E-state index contributed by atoms with van der Waals surface area (Å²) in [5.74, 6) is -0.478. The van der Waals surface area contributed by atoms with E-state index < -0.39 is 18.1 Å². The van der Waals surface area contributed by atoms with Crippen molar-refractivity contribution < 1.29 is 14.3 Å². The summed E-state index contributed by atoms with van der Waals surface area (Å²) in [6.07, 6.45) is 3.65. The van der Waals surface area contributed by atoms with Crippen molar-refractivity contribution in [3.8, 4) is 0 Å². The summed E-state index contributed by atoms with van der Waals surface area (Å²) in [6.45, 7) is 1.87. The summed E-state index contributed by atoms with van der Waals surface area (Å²) in [5.41, 5.74) is 7.12. The standard InChI is InChI=1S/C16H16N2O3S/c1-10-5-2-3-8-13(10)18-15(19)14(21-16(17)20)11-6-4-7-12(22)9-11/h2-6,8-9,14H,7H2,1H3,(H2,17,20)(H,18,19). The lowest BCUT2D eigenvalue weighted by Gasteiger charge is -2.20. The van der Waals surface area contributed by atoms with Gasteiger partial charge in [-0.2, -0.15) is 0 Å². The molecule has 0 aliphatic heterocycles. The Hall–Kier alpha value is -2.47. The van der Waals surface area contributed by atoms with E-state index in [-0.39, 0.29) is 0 Å². The van der Waals surface area contributed by atoms with Crippen LogP contribution in [-0.2, 0) is 9.53 Å². The number of aryl methyl sites for hydroxylation is 1. The number of anilines is 1. The number of carbonyl (C=O) groups excluding carboxylic acids is 2. The SMILES string of the molecule is Cc1ccccc1NC(=O)C(OC(N)=O)C1=CC(=S)CC=C1. The summed E-state index contributed by atoms with van der Waals surface area (Å²) in [7, 11) is 0. The van der Waals surface area contributed by atoms with E-state index in [1.165, 1.54) is 0 Å². The molecule has 0 spiro atoms. The van der Waals surface area contributed by atoms with E-state index in [2.05, 4.69) is 5.32 Å². The van der Waals surface area contributed by atoms with Crippen molar-refractivity contribution in [3.63, 3.8) is 0 Å². The van der Waals surface area contributed by atoms with Gasteiger partial charge in [0.05, 0.1) is 0 Å². The van der Waals surface area contributed by atoms with Crippen LogP contribution in [0.2, 0.25) is 0 Å². The first-order valence-corrected chi connectivity index (χ1v) is 7.11. The van der Waals surface area contributed by atoms with Crippen LogP contribution < -0.4 is 11.1 Å². The van der Waals surface area contributed by atoms with E-state index in [9.17, 15) is 9.59 Å². The smallest absolute Gasteiger partial charge is 0.405 e. The number of carbonyl (C=O) groups is 2. The number of nitrogens with two attached hydrogens (primary N) is 1. The molecule has 6 heteroatoms. The van der Waals surface area contributed by atoms with Crippen LogP contribution in [0.25, 0.3) is 0 Å². The minimum Gasteiger partial charge on any atom is -0.431 e. The van der Waals surface area contributed by atoms with Crippen molar-refractivity contribution >= 4 is 34.8 Å². The quantitative estimate of drug-likeness (QED) is 0.837. The lowest BCUT2D eigenvalue weighted by Crippen LogP contribution is -2.36. The van der Waals surface area contributed by atoms with E-state index in [0.29, 0.717) is 22.5 Å². The van der Waals surface area contributed by atoms with Crippen molar-refractivity contribution in [1.82, 2.24) is 0 Å². The Morgan fingerprint density at radius 3 is 2.73 bits per heavy atom. The number of amides is 2. The number of nitrogens with one attached hydrogen (secondary N) is 1. The molecule has 1 atom stereocenters. The van der Waals surface area contributed by atoms with Gasteiger partial charge in [-0.05, 0) is 24.6 Å². The molecule has 22 heavy (non-hydrogen) atoms. The topological polar surface area (TPSA) is 81.4 Å². The molecule has 2 rings (SSSR count). The Bertz CT molecular complexity index is 680. The maximum absolute atomic E-state index is 12.4. The van der Waals surface area contributed by atoms with E-state index >= 15 is 0 Å². The second-order valence-corrected chi connectivity index (χ2v) is 5.36. The number of benzene rings is 1. The molecule has 2 amide bonds. The number of hydrogen-bond acceptors (Lipinski definition) is 4. The summed E-state index contributed by atoms with van der Waals surface area (Å²) in [6, 6.07) is 7.31. The molecule has 1 aliphatic carbocycles. The Labute approximate surface area is 133 Å². The van der Waals surface area contributed by atoms with Gasteiger partial charge in [0.1, 0.15) is 0 Å². The predicted octanol–water partition coefficient (Wildman–Crippen LogP) is 2.65. The Morgan fingerprint density at radius 2 is 2.09 bits per heavy atom. The maximum Gasteiger partial charge on any atom is 0.405 e. The second-order valence-electron chi connectivity index (χ2n) is 4.84. The molecule has 114 valence electrons. The number of ether oxygens (including phenoxy) is 1. The molecule has 0 saturated heterocycles. The highest BCUT2D eigenvalue weighted by atomic mass is 32.1. The van der Waals surface area contributed by atoms with Crippen molar-refractivity contribution in [2.24, 2.45) is 5.73 Å². The predicted molar refractivity (Wildman–Crippen MR) is 88.7 cm³/mol. The van der Waals surface area contributed by atoms with Crippen LogP contribution in [0.5, 0.6) is 0 Å². The highest BCUT2D eigenvalue weighted by molar-refractivity contribution is 7.80. The zero-order valence-corrected chi connectivity index (χ0v) is 12.9. The van der Waals surface area contributed by atoms with Gasteiger partial charge in [-0.15, -0.1) is 0 Å². The lowest BCUT2D eigenvalue weighted by molar-refractivity contribution is -0.122. The fourth-order valence-electron chi connectivity index (χ4n) is 2.07. The van der Waals surface area contributed by atoms with Crippen molar-refractivity contribution in [2.75, 3.05) is 5.32 Å². The Morgan fingerprint density at radius 1 is 1.36 bits per heavy atom. The molecule has 0 saturated carbocycles. The number of primary amides is 1. The van der Waals surface area contributed by atoms with Gasteiger partial charge in [0.25, 0.3) is 5.91 Å². The van der Waals surface area contributed by atoms with E-state index in [1.54, 1.807) is 18.2 Å². The molecule has 0 bridgehead atoms. The number of hydrogen-bond donors (Lipinski definition) is 2. The van der Waals surface area contributed by atoms with Gasteiger partial charge in [0, 0.05) is 22.5 Å². The highest BCUT2D eigenvalue weighted by Crippen LogP contribution is 2.19. The van der Waals surface area contributed by atoms with Crippen LogP contribution in [0.1, 0.15) is 12.0 Å². The highest BCUT2D eigenvalue weighted by Gasteiger charge is 2.26. The molecule has 0 heterocycles. The molecule has 1 aromatic carbocycles. The first-order valence-electron chi connectivity index (χ1n) is 6.71. The molecular formula is C16H16N2O3S. The summed E-state index contributed by atoms with van der Waals surface area (Å²) in [5, 5.41) is 2.74. The van der Waals surface area contributed by atoms with Crippen LogP contribution in [0.15, 0.2) is 48.1 Å². The zero-order chi connectivity index (χ0) is 16.1. The van der Waals surface area contributed by atoms with Gasteiger partial charge in [-0.1, -0.05) is 42.6 Å². The van der Waals surface area contributed by atoms with Crippen LogP contribution in [-0.4, -0.2) is 23.0 Å². The summed E-state index contributed by atoms with van der Waals surface area (Å²) >= 11 is 5.12. The number of allylic oxidation sites excluding steroid dienone is 2. The van der Waals surface area contributed by atoms with Crippen molar-refractivity contribution in [2.45, 2.75) is 19.4 Å². The minimum absolute atomic E-state index is 0.478. The average molecular weight is 316 g/mol. The Balaban J connectivity index is 2.24. The van der Waals surface area contributed by atoms with Crippen molar-refractivity contribution in [3.05, 3.63) is 53.6 Å². The maximum atomic E-state index is 12.4. The molecule has 1 aliphatic rings. The minimum atomic E-state index is -1.13. The normalized spacial score (nSPS) is 15.0. The second kappa shape index (κ2) is 7.00. The third-order valence-electron chi connectivity index (χ3n) is 3.13. The largest absolute Gasteiger partial charge is 0.431 e.